The molecule has 3 aromatic carbocycles. The van der Waals surface area contributed by atoms with Gasteiger partial charge in [0.15, 0.2) is 12.4 Å². The van der Waals surface area contributed by atoms with Gasteiger partial charge in [-0.25, -0.2) is 0 Å². The van der Waals surface area contributed by atoms with Gasteiger partial charge in [0.2, 0.25) is 0 Å². The molecular formula is C25H22ClNO3. The Kier molecular flexibility index (Phi) is 6.15. The van der Waals surface area contributed by atoms with Crippen LogP contribution in [0.4, 0.5) is 5.69 Å². The van der Waals surface area contributed by atoms with E-state index >= 15 is 0 Å². The number of carbonyl (C=O) groups is 2. The molecule has 0 spiro atoms. The number of rotatable bonds is 6. The van der Waals surface area contributed by atoms with E-state index in [2.05, 4.69) is 11.4 Å². The van der Waals surface area contributed by atoms with Gasteiger partial charge in [0.25, 0.3) is 5.91 Å². The van der Waals surface area contributed by atoms with E-state index in [1.165, 1.54) is 17.5 Å². The molecule has 1 aliphatic carbocycles. The van der Waals surface area contributed by atoms with Gasteiger partial charge < -0.3 is 10.1 Å². The second kappa shape index (κ2) is 9.14. The smallest absolute Gasteiger partial charge is 0.262 e. The van der Waals surface area contributed by atoms with E-state index in [1.54, 1.807) is 42.5 Å². The van der Waals surface area contributed by atoms with E-state index < -0.39 is 0 Å². The Bertz CT molecular complexity index is 1080. The molecule has 30 heavy (non-hydrogen) atoms. The molecule has 0 aliphatic heterocycles. The van der Waals surface area contributed by atoms with Crippen LogP contribution in [0.25, 0.3) is 0 Å². The summed E-state index contributed by atoms with van der Waals surface area (Å²) in [5.74, 6) is 0.235. The summed E-state index contributed by atoms with van der Waals surface area (Å²) < 4.78 is 5.82. The largest absolute Gasteiger partial charge is 0.483 e. The minimum atomic E-state index is -0.326. The number of aryl methyl sites for hydroxylation is 1. The molecule has 0 heterocycles. The predicted molar refractivity (Wildman–Crippen MR) is 119 cm³/mol. The SMILES string of the molecule is O=C(COc1cccc2c1CCCC2)Nc1ccc(Cl)cc1C(=O)c1ccccc1. The molecule has 1 amide bonds. The number of hydrogen-bond acceptors (Lipinski definition) is 3. The van der Waals surface area contributed by atoms with Crippen LogP contribution in [0.3, 0.4) is 0 Å². The van der Waals surface area contributed by atoms with Gasteiger partial charge in [0, 0.05) is 16.1 Å². The fourth-order valence-electron chi connectivity index (χ4n) is 3.77. The number of hydrogen-bond donors (Lipinski definition) is 1. The van der Waals surface area contributed by atoms with Gasteiger partial charge in [-0.1, -0.05) is 54.1 Å². The van der Waals surface area contributed by atoms with Gasteiger partial charge in [-0.2, -0.15) is 0 Å². The first-order valence-corrected chi connectivity index (χ1v) is 10.4. The molecule has 1 N–H and O–H groups in total. The minimum absolute atomic E-state index is 0.127. The maximum atomic E-state index is 12.9. The summed E-state index contributed by atoms with van der Waals surface area (Å²) in [4.78, 5) is 25.5. The minimum Gasteiger partial charge on any atom is -0.483 e. The Morgan fingerprint density at radius 3 is 2.57 bits per heavy atom. The third-order valence-corrected chi connectivity index (χ3v) is 5.48. The highest BCUT2D eigenvalue weighted by Gasteiger charge is 2.18. The second-order valence-electron chi connectivity index (χ2n) is 7.32. The van der Waals surface area contributed by atoms with E-state index in [0.717, 1.165) is 25.0 Å². The number of nitrogens with one attached hydrogen (secondary N) is 1. The number of ether oxygens (including phenoxy) is 1. The lowest BCUT2D eigenvalue weighted by atomic mass is 9.91. The summed E-state index contributed by atoms with van der Waals surface area (Å²) in [7, 11) is 0. The summed E-state index contributed by atoms with van der Waals surface area (Å²) in [6, 6.07) is 19.8. The fraction of sp³-hybridized carbons (Fsp3) is 0.200. The van der Waals surface area contributed by atoms with E-state index in [1.807, 2.05) is 18.2 Å². The van der Waals surface area contributed by atoms with Crippen LogP contribution in [0.2, 0.25) is 5.02 Å². The van der Waals surface area contributed by atoms with Crippen molar-refractivity contribution < 1.29 is 14.3 Å². The highest BCUT2D eigenvalue weighted by molar-refractivity contribution is 6.31. The molecule has 0 atom stereocenters. The third-order valence-electron chi connectivity index (χ3n) is 5.25. The van der Waals surface area contributed by atoms with Crippen molar-refractivity contribution in [2.24, 2.45) is 0 Å². The number of anilines is 1. The van der Waals surface area contributed by atoms with Crippen molar-refractivity contribution >= 4 is 29.0 Å². The summed E-state index contributed by atoms with van der Waals surface area (Å²) in [6.45, 7) is -0.127. The molecule has 5 heteroatoms. The van der Waals surface area contributed by atoms with Crippen molar-refractivity contribution in [1.82, 2.24) is 0 Å². The molecular weight excluding hydrogens is 398 g/mol. The van der Waals surface area contributed by atoms with Gasteiger partial charge in [-0.3, -0.25) is 9.59 Å². The standard InChI is InChI=1S/C25H22ClNO3/c26-19-13-14-22(21(15-19)25(29)18-8-2-1-3-9-18)27-24(28)16-30-23-12-6-10-17-7-4-5-11-20(17)23/h1-3,6,8-10,12-15H,4-5,7,11,16H2,(H,27,28). The molecule has 0 saturated carbocycles. The molecule has 1 aliphatic rings. The van der Waals surface area contributed by atoms with Crippen LogP contribution in [-0.4, -0.2) is 18.3 Å². The number of halogens is 1. The molecule has 0 unspecified atom stereocenters. The first-order chi connectivity index (χ1) is 14.6. The maximum absolute atomic E-state index is 12.9. The van der Waals surface area contributed by atoms with E-state index in [9.17, 15) is 9.59 Å². The zero-order valence-electron chi connectivity index (χ0n) is 16.5. The Balaban J connectivity index is 1.48. The van der Waals surface area contributed by atoms with Gasteiger partial charge in [0.1, 0.15) is 5.75 Å². The zero-order valence-corrected chi connectivity index (χ0v) is 17.2. The number of fused-ring (bicyclic) bond motifs is 1. The molecule has 0 aromatic heterocycles. The van der Waals surface area contributed by atoms with Crippen molar-refractivity contribution in [1.29, 1.82) is 0 Å². The molecule has 3 aromatic rings. The van der Waals surface area contributed by atoms with Crippen LogP contribution >= 0.6 is 11.6 Å². The van der Waals surface area contributed by atoms with Crippen LogP contribution in [0, 0.1) is 0 Å². The Morgan fingerprint density at radius 1 is 0.933 bits per heavy atom. The lowest BCUT2D eigenvalue weighted by Gasteiger charge is -2.19. The van der Waals surface area contributed by atoms with Crippen LogP contribution in [0.15, 0.2) is 66.7 Å². The first-order valence-electron chi connectivity index (χ1n) is 10.0. The van der Waals surface area contributed by atoms with E-state index in [-0.39, 0.29) is 18.3 Å². The molecule has 152 valence electrons. The van der Waals surface area contributed by atoms with Gasteiger partial charge in [-0.15, -0.1) is 0 Å². The predicted octanol–water partition coefficient (Wildman–Crippen LogP) is 5.47. The Labute approximate surface area is 180 Å². The molecule has 0 radical (unpaired) electrons. The highest BCUT2D eigenvalue weighted by Crippen LogP contribution is 2.29. The molecule has 0 fully saturated rings. The Hall–Kier alpha value is -3.11. The lowest BCUT2D eigenvalue weighted by molar-refractivity contribution is -0.118. The first kappa shape index (κ1) is 20.2. The van der Waals surface area contributed by atoms with Crippen molar-refractivity contribution in [2.45, 2.75) is 25.7 Å². The number of benzene rings is 3. The number of amides is 1. The Morgan fingerprint density at radius 2 is 1.73 bits per heavy atom. The average molecular weight is 420 g/mol. The van der Waals surface area contributed by atoms with Gasteiger partial charge >= 0.3 is 0 Å². The quantitative estimate of drug-likeness (QED) is 0.539. The van der Waals surface area contributed by atoms with E-state index in [4.69, 9.17) is 16.3 Å². The topological polar surface area (TPSA) is 55.4 Å². The van der Waals surface area contributed by atoms with Crippen LogP contribution in [0.1, 0.15) is 39.9 Å². The van der Waals surface area contributed by atoms with Gasteiger partial charge in [0.05, 0.1) is 5.69 Å². The zero-order chi connectivity index (χ0) is 20.9. The monoisotopic (exact) mass is 419 g/mol. The molecule has 4 nitrogen and oxygen atoms in total. The maximum Gasteiger partial charge on any atom is 0.262 e. The van der Waals surface area contributed by atoms with Crippen molar-refractivity contribution in [2.75, 3.05) is 11.9 Å². The van der Waals surface area contributed by atoms with Gasteiger partial charge in [-0.05, 0) is 61.1 Å². The average Bonchev–Trinajstić information content (AvgIpc) is 2.79. The third kappa shape index (κ3) is 4.55. The number of carbonyl (C=O) groups excluding carboxylic acids is 2. The van der Waals surface area contributed by atoms with Crippen molar-refractivity contribution in [3.63, 3.8) is 0 Å². The summed E-state index contributed by atoms with van der Waals surface area (Å²) in [6.07, 6.45) is 4.34. The normalized spacial score (nSPS) is 12.7. The highest BCUT2D eigenvalue weighted by atomic mass is 35.5. The fourth-order valence-corrected chi connectivity index (χ4v) is 3.94. The second-order valence-corrected chi connectivity index (χ2v) is 7.76. The molecule has 0 bridgehead atoms. The van der Waals surface area contributed by atoms with E-state index in [0.29, 0.717) is 21.8 Å². The molecule has 0 saturated heterocycles. The van der Waals surface area contributed by atoms with Crippen molar-refractivity contribution in [3.05, 3.63) is 94.0 Å². The lowest BCUT2D eigenvalue weighted by Crippen LogP contribution is -2.22. The van der Waals surface area contributed by atoms with Crippen LogP contribution < -0.4 is 10.1 Å². The summed E-state index contributed by atoms with van der Waals surface area (Å²) in [5, 5.41) is 3.23. The molecule has 4 rings (SSSR count). The number of ketones is 1. The summed E-state index contributed by atoms with van der Waals surface area (Å²) in [5.41, 5.74) is 3.79. The van der Waals surface area contributed by atoms with Crippen LogP contribution in [0.5, 0.6) is 5.75 Å². The van der Waals surface area contributed by atoms with Crippen LogP contribution in [-0.2, 0) is 17.6 Å². The van der Waals surface area contributed by atoms with Crippen molar-refractivity contribution in [3.8, 4) is 5.75 Å². The summed E-state index contributed by atoms with van der Waals surface area (Å²) >= 11 is 6.10.